The highest BCUT2D eigenvalue weighted by Gasteiger charge is 2.10. The van der Waals surface area contributed by atoms with E-state index >= 15 is 0 Å². The average molecular weight is 356 g/mol. The molecule has 2 aromatic carbocycles. The van der Waals surface area contributed by atoms with E-state index < -0.39 is 0 Å². The van der Waals surface area contributed by atoms with Gasteiger partial charge in [-0.25, -0.2) is 4.98 Å². The maximum atomic E-state index is 5.87. The maximum absolute atomic E-state index is 5.87. The van der Waals surface area contributed by atoms with Crippen LogP contribution in [0.4, 0.5) is 5.95 Å². The summed E-state index contributed by atoms with van der Waals surface area (Å²) in [6.07, 6.45) is 3.69. The van der Waals surface area contributed by atoms with Gasteiger partial charge in [-0.2, -0.15) is 4.98 Å². The van der Waals surface area contributed by atoms with Gasteiger partial charge in [0.25, 0.3) is 0 Å². The standard InChI is InChI=1S/C22H20N4O/c1-16-12-21(27-20-6-4-3-5-7-20)25-22(24-16)26(2)15-17-8-9-19-14-23-11-10-18(19)13-17/h3-14H,15H2,1-2H3. The molecule has 0 unspecified atom stereocenters. The normalized spacial score (nSPS) is 10.7. The van der Waals surface area contributed by atoms with E-state index in [0.717, 1.165) is 16.8 Å². The summed E-state index contributed by atoms with van der Waals surface area (Å²) in [5.41, 5.74) is 2.05. The zero-order chi connectivity index (χ0) is 18.6. The number of aromatic nitrogens is 3. The number of para-hydroxylation sites is 1. The summed E-state index contributed by atoms with van der Waals surface area (Å²) < 4.78 is 5.87. The first-order valence-corrected chi connectivity index (χ1v) is 8.80. The minimum atomic E-state index is 0.542. The quantitative estimate of drug-likeness (QED) is 0.516. The van der Waals surface area contributed by atoms with E-state index in [1.165, 1.54) is 10.9 Å². The van der Waals surface area contributed by atoms with E-state index in [4.69, 9.17) is 4.74 Å². The molecule has 2 aromatic heterocycles. The van der Waals surface area contributed by atoms with Gasteiger partial charge in [-0.3, -0.25) is 4.98 Å². The number of rotatable bonds is 5. The summed E-state index contributed by atoms with van der Waals surface area (Å²) >= 11 is 0. The molecule has 0 aliphatic rings. The number of ether oxygens (including phenoxy) is 1. The summed E-state index contributed by atoms with van der Waals surface area (Å²) in [6.45, 7) is 2.65. The molecule has 4 aromatic rings. The van der Waals surface area contributed by atoms with Crippen LogP contribution < -0.4 is 9.64 Å². The van der Waals surface area contributed by atoms with Gasteiger partial charge in [0.15, 0.2) is 0 Å². The van der Waals surface area contributed by atoms with Crippen molar-refractivity contribution in [3.63, 3.8) is 0 Å². The summed E-state index contributed by atoms with van der Waals surface area (Å²) in [7, 11) is 1.98. The van der Waals surface area contributed by atoms with Crippen LogP contribution >= 0.6 is 0 Å². The highest BCUT2D eigenvalue weighted by Crippen LogP contribution is 2.23. The molecule has 0 N–H and O–H groups in total. The molecule has 0 radical (unpaired) electrons. The van der Waals surface area contributed by atoms with Gasteiger partial charge in [-0.15, -0.1) is 0 Å². The SMILES string of the molecule is Cc1cc(Oc2ccccc2)nc(N(C)Cc2ccc3cnccc3c2)n1. The van der Waals surface area contributed by atoms with E-state index in [0.29, 0.717) is 18.4 Å². The predicted molar refractivity (Wildman–Crippen MR) is 107 cm³/mol. The molecule has 0 fully saturated rings. The first-order chi connectivity index (χ1) is 13.2. The lowest BCUT2D eigenvalue weighted by atomic mass is 10.1. The van der Waals surface area contributed by atoms with Gasteiger partial charge >= 0.3 is 0 Å². The van der Waals surface area contributed by atoms with Gasteiger partial charge in [0.1, 0.15) is 5.75 Å². The number of anilines is 1. The van der Waals surface area contributed by atoms with Gasteiger partial charge in [0.2, 0.25) is 11.8 Å². The topological polar surface area (TPSA) is 51.1 Å². The zero-order valence-electron chi connectivity index (χ0n) is 15.3. The summed E-state index contributed by atoms with van der Waals surface area (Å²) in [4.78, 5) is 15.3. The van der Waals surface area contributed by atoms with E-state index in [-0.39, 0.29) is 0 Å². The van der Waals surface area contributed by atoms with Crippen molar-refractivity contribution in [2.24, 2.45) is 0 Å². The van der Waals surface area contributed by atoms with Crippen LogP contribution in [0, 0.1) is 6.92 Å². The van der Waals surface area contributed by atoms with Crippen LogP contribution in [0.5, 0.6) is 11.6 Å². The van der Waals surface area contributed by atoms with Crippen LogP contribution in [0.1, 0.15) is 11.3 Å². The lowest BCUT2D eigenvalue weighted by Gasteiger charge is -2.18. The molecule has 27 heavy (non-hydrogen) atoms. The van der Waals surface area contributed by atoms with Crippen LogP contribution in [0.2, 0.25) is 0 Å². The second-order valence-electron chi connectivity index (χ2n) is 6.48. The number of nitrogens with zero attached hydrogens (tertiary/aromatic N) is 4. The summed E-state index contributed by atoms with van der Waals surface area (Å²) in [5.74, 6) is 1.93. The maximum Gasteiger partial charge on any atom is 0.228 e. The fourth-order valence-corrected chi connectivity index (χ4v) is 2.93. The van der Waals surface area contributed by atoms with Crippen molar-refractivity contribution in [2.75, 3.05) is 11.9 Å². The molecular formula is C22H20N4O. The number of fused-ring (bicyclic) bond motifs is 1. The van der Waals surface area contributed by atoms with Gasteiger partial charge in [0.05, 0.1) is 0 Å². The molecule has 134 valence electrons. The molecule has 0 bridgehead atoms. The highest BCUT2D eigenvalue weighted by atomic mass is 16.5. The molecular weight excluding hydrogens is 336 g/mol. The second-order valence-corrected chi connectivity index (χ2v) is 6.48. The molecule has 0 saturated carbocycles. The molecule has 0 aliphatic carbocycles. The van der Waals surface area contributed by atoms with Crippen molar-refractivity contribution in [1.29, 1.82) is 0 Å². The van der Waals surface area contributed by atoms with Crippen molar-refractivity contribution in [3.05, 3.63) is 84.3 Å². The molecule has 0 amide bonds. The third-order valence-corrected chi connectivity index (χ3v) is 4.25. The molecule has 0 spiro atoms. The Bertz CT molecular complexity index is 1070. The lowest BCUT2D eigenvalue weighted by molar-refractivity contribution is 0.460. The fourth-order valence-electron chi connectivity index (χ4n) is 2.93. The molecule has 0 atom stereocenters. The Morgan fingerprint density at radius 2 is 1.78 bits per heavy atom. The fraction of sp³-hybridized carbons (Fsp3) is 0.136. The molecule has 0 saturated heterocycles. The number of aryl methyl sites for hydroxylation is 1. The largest absolute Gasteiger partial charge is 0.439 e. The average Bonchev–Trinajstić information content (AvgIpc) is 2.68. The van der Waals surface area contributed by atoms with E-state index in [1.807, 2.05) is 73.7 Å². The number of pyridine rings is 1. The third kappa shape index (κ3) is 4.03. The molecule has 5 heteroatoms. The minimum Gasteiger partial charge on any atom is -0.439 e. The molecule has 0 aliphatic heterocycles. The van der Waals surface area contributed by atoms with Crippen molar-refractivity contribution >= 4 is 16.7 Å². The van der Waals surface area contributed by atoms with Crippen LogP contribution in [0.25, 0.3) is 10.8 Å². The third-order valence-electron chi connectivity index (χ3n) is 4.25. The minimum absolute atomic E-state index is 0.542. The first-order valence-electron chi connectivity index (χ1n) is 8.80. The van der Waals surface area contributed by atoms with Crippen LogP contribution in [0.15, 0.2) is 73.1 Å². The summed E-state index contributed by atoms with van der Waals surface area (Å²) in [6, 6.07) is 19.9. The Labute approximate surface area is 158 Å². The predicted octanol–water partition coefficient (Wildman–Crippen LogP) is 4.76. The van der Waals surface area contributed by atoms with Crippen LogP contribution in [-0.4, -0.2) is 22.0 Å². The van der Waals surface area contributed by atoms with Gasteiger partial charge in [-0.1, -0.05) is 30.3 Å². The summed E-state index contributed by atoms with van der Waals surface area (Å²) in [5, 5.41) is 2.31. The van der Waals surface area contributed by atoms with Crippen molar-refractivity contribution in [3.8, 4) is 11.6 Å². The monoisotopic (exact) mass is 356 g/mol. The Morgan fingerprint density at radius 3 is 2.63 bits per heavy atom. The van der Waals surface area contributed by atoms with Crippen molar-refractivity contribution in [1.82, 2.24) is 15.0 Å². The van der Waals surface area contributed by atoms with Gasteiger partial charge < -0.3 is 9.64 Å². The smallest absolute Gasteiger partial charge is 0.228 e. The van der Waals surface area contributed by atoms with Gasteiger partial charge in [0, 0.05) is 43.1 Å². The Balaban J connectivity index is 1.56. The highest BCUT2D eigenvalue weighted by molar-refractivity contribution is 5.82. The number of hydrogen-bond acceptors (Lipinski definition) is 5. The van der Waals surface area contributed by atoms with Gasteiger partial charge in [-0.05, 0) is 42.1 Å². The van der Waals surface area contributed by atoms with E-state index in [1.54, 1.807) is 0 Å². The molecule has 2 heterocycles. The first kappa shape index (κ1) is 17.0. The lowest BCUT2D eigenvalue weighted by Crippen LogP contribution is -2.19. The van der Waals surface area contributed by atoms with Crippen LogP contribution in [0.3, 0.4) is 0 Å². The number of hydrogen-bond donors (Lipinski definition) is 0. The van der Waals surface area contributed by atoms with Crippen LogP contribution in [-0.2, 0) is 6.54 Å². The second kappa shape index (κ2) is 7.41. The van der Waals surface area contributed by atoms with Crippen molar-refractivity contribution in [2.45, 2.75) is 13.5 Å². The molecule has 4 rings (SSSR count). The van der Waals surface area contributed by atoms with Crippen molar-refractivity contribution < 1.29 is 4.74 Å². The number of benzene rings is 2. The van der Waals surface area contributed by atoms with E-state index in [9.17, 15) is 0 Å². The molecule has 5 nitrogen and oxygen atoms in total. The Morgan fingerprint density at radius 1 is 0.926 bits per heavy atom. The Hall–Kier alpha value is -3.47. The zero-order valence-corrected chi connectivity index (χ0v) is 15.3. The van der Waals surface area contributed by atoms with E-state index in [2.05, 4.69) is 33.2 Å². The Kier molecular flexibility index (Phi) is 4.66.